The van der Waals surface area contributed by atoms with Gasteiger partial charge in [0.1, 0.15) is 5.75 Å². The van der Waals surface area contributed by atoms with E-state index in [1.165, 1.54) is 31.4 Å². The number of esters is 1. The van der Waals surface area contributed by atoms with Gasteiger partial charge in [-0.2, -0.15) is 0 Å². The zero-order valence-electron chi connectivity index (χ0n) is 12.7. The van der Waals surface area contributed by atoms with Crippen molar-refractivity contribution in [2.24, 2.45) is 0 Å². The van der Waals surface area contributed by atoms with Gasteiger partial charge in [0.05, 0.1) is 34.9 Å². The lowest BCUT2D eigenvalue weighted by Gasteiger charge is -2.11. The number of hydrogen-bond acceptors (Lipinski definition) is 5. The van der Waals surface area contributed by atoms with Gasteiger partial charge >= 0.3 is 5.97 Å². The van der Waals surface area contributed by atoms with E-state index in [-0.39, 0.29) is 21.2 Å². The Morgan fingerprint density at radius 2 is 2.04 bits per heavy atom. The molecule has 2 aromatic carbocycles. The Labute approximate surface area is 144 Å². The molecule has 0 aliphatic carbocycles. The Hall–Kier alpha value is -2.25. The average Bonchev–Trinajstić information content (AvgIpc) is 3.03. The summed E-state index contributed by atoms with van der Waals surface area (Å²) in [5, 5.41) is 0.177. The van der Waals surface area contributed by atoms with E-state index >= 15 is 0 Å². The van der Waals surface area contributed by atoms with Crippen LogP contribution >= 0.6 is 11.6 Å². The molecule has 0 saturated carbocycles. The van der Waals surface area contributed by atoms with E-state index in [0.29, 0.717) is 18.8 Å². The third kappa shape index (κ3) is 3.18. The first-order valence-electron chi connectivity index (χ1n) is 7.07. The molecule has 0 saturated heterocycles. The van der Waals surface area contributed by atoms with E-state index in [0.717, 1.165) is 5.56 Å². The smallest absolute Gasteiger partial charge is 0.337 e. The number of halogens is 1. The van der Waals surface area contributed by atoms with Crippen LogP contribution < -0.4 is 9.46 Å². The van der Waals surface area contributed by atoms with Gasteiger partial charge in [0.25, 0.3) is 10.0 Å². The molecule has 1 N–H and O–H groups in total. The molecule has 6 nitrogen and oxygen atoms in total. The number of benzene rings is 2. The second kappa shape index (κ2) is 6.33. The van der Waals surface area contributed by atoms with Crippen LogP contribution in [-0.4, -0.2) is 28.1 Å². The molecular weight excluding hydrogens is 354 g/mol. The van der Waals surface area contributed by atoms with Crippen LogP contribution in [0.1, 0.15) is 15.9 Å². The standard InChI is InChI=1S/C16H14ClNO5S/c1-22-16(19)11-2-4-13(17)14(9-11)18-24(20,21)12-3-5-15-10(8-12)6-7-23-15/h2-5,8-9,18H,6-7H2,1H3. The molecule has 0 atom stereocenters. The van der Waals surface area contributed by atoms with E-state index in [9.17, 15) is 13.2 Å². The van der Waals surface area contributed by atoms with Crippen LogP contribution in [-0.2, 0) is 21.2 Å². The molecule has 8 heteroatoms. The van der Waals surface area contributed by atoms with Crippen LogP contribution in [0, 0.1) is 0 Å². The summed E-state index contributed by atoms with van der Waals surface area (Å²) in [6, 6.07) is 8.89. The molecule has 0 amide bonds. The molecule has 0 bridgehead atoms. The summed E-state index contributed by atoms with van der Waals surface area (Å²) >= 11 is 6.03. The first-order valence-corrected chi connectivity index (χ1v) is 8.93. The lowest BCUT2D eigenvalue weighted by Crippen LogP contribution is -2.14. The van der Waals surface area contributed by atoms with Crippen LogP contribution in [0.2, 0.25) is 5.02 Å². The third-order valence-corrected chi connectivity index (χ3v) is 5.30. The number of ether oxygens (including phenoxy) is 2. The lowest BCUT2D eigenvalue weighted by molar-refractivity contribution is 0.0601. The monoisotopic (exact) mass is 367 g/mol. The summed E-state index contributed by atoms with van der Waals surface area (Å²) in [6.07, 6.45) is 0.664. The van der Waals surface area contributed by atoms with Gasteiger partial charge in [0, 0.05) is 6.42 Å². The number of anilines is 1. The molecule has 1 aliphatic heterocycles. The van der Waals surface area contributed by atoms with Crippen LogP contribution in [0.3, 0.4) is 0 Å². The fourth-order valence-electron chi connectivity index (χ4n) is 2.38. The van der Waals surface area contributed by atoms with Crippen molar-refractivity contribution in [3.63, 3.8) is 0 Å². The highest BCUT2D eigenvalue weighted by Crippen LogP contribution is 2.30. The molecule has 3 rings (SSSR count). The van der Waals surface area contributed by atoms with Gasteiger partial charge in [0.2, 0.25) is 0 Å². The number of carbonyl (C=O) groups excluding carboxylic acids is 1. The second-order valence-electron chi connectivity index (χ2n) is 5.16. The van der Waals surface area contributed by atoms with Crippen LogP contribution in [0.4, 0.5) is 5.69 Å². The number of fused-ring (bicyclic) bond motifs is 1. The van der Waals surface area contributed by atoms with Gasteiger partial charge in [-0.1, -0.05) is 11.6 Å². The van der Waals surface area contributed by atoms with Crippen molar-refractivity contribution < 1.29 is 22.7 Å². The van der Waals surface area contributed by atoms with Gasteiger partial charge in [-0.05, 0) is 42.0 Å². The molecule has 24 heavy (non-hydrogen) atoms. The summed E-state index contributed by atoms with van der Waals surface area (Å²) in [4.78, 5) is 11.7. The molecule has 0 unspecified atom stereocenters. The Balaban J connectivity index is 1.93. The Kier molecular flexibility index (Phi) is 4.38. The minimum absolute atomic E-state index is 0.103. The van der Waals surface area contributed by atoms with Gasteiger partial charge < -0.3 is 9.47 Å². The van der Waals surface area contributed by atoms with Crippen LogP contribution in [0.5, 0.6) is 5.75 Å². The molecule has 2 aromatic rings. The molecule has 1 aliphatic rings. The van der Waals surface area contributed by atoms with Crippen molar-refractivity contribution in [3.8, 4) is 5.75 Å². The van der Waals surface area contributed by atoms with Crippen molar-refractivity contribution in [1.29, 1.82) is 0 Å². The summed E-state index contributed by atoms with van der Waals surface area (Å²) in [5.41, 5.74) is 1.14. The summed E-state index contributed by atoms with van der Waals surface area (Å²) in [6.45, 7) is 0.541. The topological polar surface area (TPSA) is 81.7 Å². The maximum Gasteiger partial charge on any atom is 0.337 e. The quantitative estimate of drug-likeness (QED) is 0.840. The third-order valence-electron chi connectivity index (χ3n) is 3.60. The lowest BCUT2D eigenvalue weighted by atomic mass is 10.2. The van der Waals surface area contributed by atoms with Gasteiger partial charge in [-0.3, -0.25) is 4.72 Å². The van der Waals surface area contributed by atoms with Crippen LogP contribution in [0.15, 0.2) is 41.3 Å². The maximum atomic E-state index is 12.6. The highest BCUT2D eigenvalue weighted by molar-refractivity contribution is 7.92. The van der Waals surface area contributed by atoms with Crippen molar-refractivity contribution in [1.82, 2.24) is 0 Å². The Morgan fingerprint density at radius 1 is 1.25 bits per heavy atom. The number of methoxy groups -OCH3 is 1. The largest absolute Gasteiger partial charge is 0.493 e. The number of rotatable bonds is 4. The number of nitrogens with one attached hydrogen (secondary N) is 1. The number of hydrogen-bond donors (Lipinski definition) is 1. The van der Waals surface area contributed by atoms with Gasteiger partial charge in [-0.25, -0.2) is 13.2 Å². The molecule has 0 fully saturated rings. The normalized spacial score (nSPS) is 13.1. The van der Waals surface area contributed by atoms with Gasteiger partial charge in [0.15, 0.2) is 0 Å². The van der Waals surface area contributed by atoms with E-state index in [1.807, 2.05) is 0 Å². The predicted molar refractivity (Wildman–Crippen MR) is 89.2 cm³/mol. The fraction of sp³-hybridized carbons (Fsp3) is 0.188. The van der Waals surface area contributed by atoms with Gasteiger partial charge in [-0.15, -0.1) is 0 Å². The Morgan fingerprint density at radius 3 is 2.79 bits per heavy atom. The fourth-order valence-corrected chi connectivity index (χ4v) is 3.72. The number of sulfonamides is 1. The van der Waals surface area contributed by atoms with E-state index in [2.05, 4.69) is 9.46 Å². The molecule has 126 valence electrons. The maximum absolute atomic E-state index is 12.6. The highest BCUT2D eigenvalue weighted by Gasteiger charge is 2.21. The minimum Gasteiger partial charge on any atom is -0.493 e. The number of carbonyl (C=O) groups is 1. The zero-order valence-corrected chi connectivity index (χ0v) is 14.3. The van der Waals surface area contributed by atoms with E-state index < -0.39 is 16.0 Å². The second-order valence-corrected chi connectivity index (χ2v) is 7.25. The summed E-state index contributed by atoms with van der Waals surface area (Å²) in [7, 11) is -2.61. The van der Waals surface area contributed by atoms with Crippen molar-refractivity contribution in [2.45, 2.75) is 11.3 Å². The summed E-state index contributed by atoms with van der Waals surface area (Å²) < 4.78 is 37.6. The molecule has 1 heterocycles. The predicted octanol–water partition coefficient (Wildman–Crippen LogP) is 2.86. The highest BCUT2D eigenvalue weighted by atomic mass is 35.5. The van der Waals surface area contributed by atoms with Crippen molar-refractivity contribution in [3.05, 3.63) is 52.5 Å². The molecular formula is C16H14ClNO5S. The van der Waals surface area contributed by atoms with Crippen LogP contribution in [0.25, 0.3) is 0 Å². The first-order chi connectivity index (χ1) is 11.4. The summed E-state index contributed by atoms with van der Waals surface area (Å²) in [5.74, 6) is 0.112. The van der Waals surface area contributed by atoms with Crippen molar-refractivity contribution in [2.75, 3.05) is 18.4 Å². The van der Waals surface area contributed by atoms with E-state index in [4.69, 9.17) is 16.3 Å². The van der Waals surface area contributed by atoms with E-state index in [1.54, 1.807) is 12.1 Å². The molecule has 0 aromatic heterocycles. The molecule has 0 radical (unpaired) electrons. The average molecular weight is 368 g/mol. The first kappa shape index (κ1) is 16.6. The zero-order chi connectivity index (χ0) is 17.3. The molecule has 0 spiro atoms. The minimum atomic E-state index is -3.85. The SMILES string of the molecule is COC(=O)c1ccc(Cl)c(NS(=O)(=O)c2ccc3c(c2)CCO3)c1. The van der Waals surface area contributed by atoms with Crippen molar-refractivity contribution >= 4 is 33.3 Å². The Bertz CT molecular complexity index is 911.